The number of hydrogen-bond acceptors (Lipinski definition) is 6. The highest BCUT2D eigenvalue weighted by Gasteiger charge is 2.05. The largest absolute Gasteiger partial charge is 0.497 e. The van der Waals surface area contributed by atoms with E-state index in [2.05, 4.69) is 20.3 Å². The van der Waals surface area contributed by atoms with Gasteiger partial charge in [0.1, 0.15) is 11.6 Å². The van der Waals surface area contributed by atoms with Crippen LogP contribution in [0.25, 0.3) is 10.2 Å². The van der Waals surface area contributed by atoms with E-state index in [1.165, 1.54) is 0 Å². The fourth-order valence-corrected chi connectivity index (χ4v) is 2.77. The van der Waals surface area contributed by atoms with Gasteiger partial charge in [-0.15, -0.1) is 0 Å². The maximum Gasteiger partial charge on any atom is 0.184 e. The molecule has 0 atom stereocenters. The molecule has 0 fully saturated rings. The van der Waals surface area contributed by atoms with Gasteiger partial charge in [0.05, 0.1) is 29.6 Å². The minimum absolute atomic E-state index is 0.639. The molecule has 0 spiro atoms. The Labute approximate surface area is 120 Å². The number of methoxy groups -OCH3 is 1. The van der Waals surface area contributed by atoms with Crippen LogP contribution < -0.4 is 10.1 Å². The van der Waals surface area contributed by atoms with Gasteiger partial charge in [0.15, 0.2) is 5.13 Å². The van der Waals surface area contributed by atoms with E-state index in [9.17, 15) is 0 Å². The molecule has 6 heteroatoms. The molecular weight excluding hydrogens is 272 g/mol. The first-order chi connectivity index (χ1) is 9.74. The number of rotatable bonds is 4. The summed E-state index contributed by atoms with van der Waals surface area (Å²) in [5.41, 5.74) is 1.92. The van der Waals surface area contributed by atoms with E-state index in [4.69, 9.17) is 4.74 Å². The molecule has 0 saturated heterocycles. The molecule has 0 aliphatic carbocycles. The molecule has 2 heterocycles. The third kappa shape index (κ3) is 2.70. The van der Waals surface area contributed by atoms with Crippen molar-refractivity contribution in [3.63, 3.8) is 0 Å². The Morgan fingerprint density at radius 3 is 2.95 bits per heavy atom. The minimum atomic E-state index is 0.639. The minimum Gasteiger partial charge on any atom is -0.497 e. The van der Waals surface area contributed by atoms with Gasteiger partial charge in [0, 0.05) is 6.20 Å². The predicted molar refractivity (Wildman–Crippen MR) is 80.3 cm³/mol. The fourth-order valence-electron chi connectivity index (χ4n) is 1.88. The van der Waals surface area contributed by atoms with Gasteiger partial charge in [-0.3, -0.25) is 0 Å². The summed E-state index contributed by atoms with van der Waals surface area (Å²) < 4.78 is 6.32. The van der Waals surface area contributed by atoms with Gasteiger partial charge in [-0.25, -0.2) is 15.0 Å². The number of nitrogens with one attached hydrogen (secondary N) is 1. The number of ether oxygens (including phenoxy) is 1. The lowest BCUT2D eigenvalue weighted by Crippen LogP contribution is -2.02. The van der Waals surface area contributed by atoms with Crippen LogP contribution in [0.2, 0.25) is 0 Å². The summed E-state index contributed by atoms with van der Waals surface area (Å²) in [5.74, 6) is 1.62. The summed E-state index contributed by atoms with van der Waals surface area (Å²) in [5, 5.41) is 4.17. The Morgan fingerprint density at radius 2 is 2.15 bits per heavy atom. The molecule has 0 aliphatic rings. The van der Waals surface area contributed by atoms with Crippen molar-refractivity contribution < 1.29 is 4.74 Å². The zero-order valence-corrected chi connectivity index (χ0v) is 12.1. The average Bonchev–Trinajstić information content (AvgIpc) is 2.87. The van der Waals surface area contributed by atoms with Gasteiger partial charge in [0.25, 0.3) is 0 Å². The molecule has 5 nitrogen and oxygen atoms in total. The van der Waals surface area contributed by atoms with Gasteiger partial charge in [-0.05, 0) is 31.2 Å². The van der Waals surface area contributed by atoms with E-state index < -0.39 is 0 Å². The summed E-state index contributed by atoms with van der Waals surface area (Å²) >= 11 is 1.60. The lowest BCUT2D eigenvalue weighted by molar-refractivity contribution is 0.415. The van der Waals surface area contributed by atoms with Crippen LogP contribution in [0.4, 0.5) is 5.13 Å². The highest BCUT2D eigenvalue weighted by molar-refractivity contribution is 7.22. The van der Waals surface area contributed by atoms with Crippen molar-refractivity contribution in [2.45, 2.75) is 13.5 Å². The Balaban J connectivity index is 1.77. The zero-order valence-electron chi connectivity index (χ0n) is 11.3. The van der Waals surface area contributed by atoms with Crippen molar-refractivity contribution in [1.29, 1.82) is 0 Å². The molecular formula is C14H14N4OS. The third-order valence-electron chi connectivity index (χ3n) is 2.85. The first kappa shape index (κ1) is 12.8. The van der Waals surface area contributed by atoms with Gasteiger partial charge < -0.3 is 10.1 Å². The van der Waals surface area contributed by atoms with Crippen LogP contribution in [-0.4, -0.2) is 22.1 Å². The van der Waals surface area contributed by atoms with Crippen molar-refractivity contribution in [3.8, 4) is 5.75 Å². The third-order valence-corrected chi connectivity index (χ3v) is 3.83. The first-order valence-electron chi connectivity index (χ1n) is 6.21. The van der Waals surface area contributed by atoms with Crippen LogP contribution >= 0.6 is 11.3 Å². The molecule has 3 aromatic rings. The second kappa shape index (κ2) is 5.42. The number of benzene rings is 1. The second-order valence-corrected chi connectivity index (χ2v) is 5.33. The highest BCUT2D eigenvalue weighted by Crippen LogP contribution is 2.29. The standard InChI is InChI=1S/C14H14N4OS/c1-9-15-6-5-10(17-9)8-16-14-18-12-4-3-11(19-2)7-13(12)20-14/h3-7H,8H2,1-2H3,(H,16,18). The maximum atomic E-state index is 5.22. The molecule has 0 unspecified atom stereocenters. The van der Waals surface area contributed by atoms with E-state index in [0.29, 0.717) is 6.54 Å². The van der Waals surface area contributed by atoms with Crippen molar-refractivity contribution in [2.75, 3.05) is 12.4 Å². The summed E-state index contributed by atoms with van der Waals surface area (Å²) in [6, 6.07) is 7.77. The predicted octanol–water partition coefficient (Wildman–Crippen LogP) is 3.02. The number of thiazole rings is 1. The number of aryl methyl sites for hydroxylation is 1. The Bertz CT molecular complexity index is 741. The fraction of sp³-hybridized carbons (Fsp3) is 0.214. The molecule has 2 aromatic heterocycles. The topological polar surface area (TPSA) is 59.9 Å². The molecule has 1 aromatic carbocycles. The molecule has 0 bridgehead atoms. The van der Waals surface area contributed by atoms with Crippen molar-refractivity contribution in [3.05, 3.63) is 42.0 Å². The van der Waals surface area contributed by atoms with Crippen molar-refractivity contribution in [2.24, 2.45) is 0 Å². The Hall–Kier alpha value is -2.21. The summed E-state index contributed by atoms with van der Waals surface area (Å²) in [4.78, 5) is 13.0. The number of anilines is 1. The lowest BCUT2D eigenvalue weighted by Gasteiger charge is -2.01. The SMILES string of the molecule is COc1ccc2nc(NCc3ccnc(C)n3)sc2c1. The summed E-state index contributed by atoms with van der Waals surface area (Å²) in [6.07, 6.45) is 1.77. The van der Waals surface area contributed by atoms with Gasteiger partial charge in [0.2, 0.25) is 0 Å². The Morgan fingerprint density at radius 1 is 1.25 bits per heavy atom. The highest BCUT2D eigenvalue weighted by atomic mass is 32.1. The van der Waals surface area contributed by atoms with Crippen molar-refractivity contribution >= 4 is 26.7 Å². The molecule has 102 valence electrons. The molecule has 3 rings (SSSR count). The molecule has 1 N–H and O–H groups in total. The maximum absolute atomic E-state index is 5.22. The molecule has 20 heavy (non-hydrogen) atoms. The molecule has 0 aliphatic heterocycles. The van der Waals surface area contributed by atoms with Gasteiger partial charge in [-0.1, -0.05) is 11.3 Å². The van der Waals surface area contributed by atoms with Crippen LogP contribution in [0.1, 0.15) is 11.5 Å². The van der Waals surface area contributed by atoms with E-state index in [1.807, 2.05) is 31.2 Å². The van der Waals surface area contributed by atoms with Crippen LogP contribution in [0.3, 0.4) is 0 Å². The average molecular weight is 286 g/mol. The quantitative estimate of drug-likeness (QED) is 0.799. The van der Waals surface area contributed by atoms with Crippen LogP contribution in [0, 0.1) is 6.92 Å². The summed E-state index contributed by atoms with van der Waals surface area (Å²) in [6.45, 7) is 2.52. The van der Waals surface area contributed by atoms with E-state index in [0.717, 1.165) is 32.6 Å². The van der Waals surface area contributed by atoms with Gasteiger partial charge in [-0.2, -0.15) is 0 Å². The first-order valence-corrected chi connectivity index (χ1v) is 7.03. The number of hydrogen-bond donors (Lipinski definition) is 1. The van der Waals surface area contributed by atoms with Crippen LogP contribution in [0.15, 0.2) is 30.5 Å². The smallest absolute Gasteiger partial charge is 0.184 e. The second-order valence-electron chi connectivity index (χ2n) is 4.30. The summed E-state index contributed by atoms with van der Waals surface area (Å²) in [7, 11) is 1.67. The lowest BCUT2D eigenvalue weighted by atomic mass is 10.3. The normalized spacial score (nSPS) is 10.7. The van der Waals surface area contributed by atoms with Crippen LogP contribution in [0.5, 0.6) is 5.75 Å². The molecule has 0 radical (unpaired) electrons. The van der Waals surface area contributed by atoms with Gasteiger partial charge >= 0.3 is 0 Å². The van der Waals surface area contributed by atoms with E-state index in [1.54, 1.807) is 24.6 Å². The zero-order chi connectivity index (χ0) is 13.9. The molecule has 0 amide bonds. The Kier molecular flexibility index (Phi) is 3.47. The number of nitrogens with zero attached hydrogens (tertiary/aromatic N) is 3. The number of fused-ring (bicyclic) bond motifs is 1. The van der Waals surface area contributed by atoms with E-state index in [-0.39, 0.29) is 0 Å². The van der Waals surface area contributed by atoms with Crippen molar-refractivity contribution in [1.82, 2.24) is 15.0 Å². The monoisotopic (exact) mass is 286 g/mol. The molecule has 0 saturated carbocycles. The number of aromatic nitrogens is 3. The van der Waals surface area contributed by atoms with E-state index >= 15 is 0 Å². The van der Waals surface area contributed by atoms with Crippen LogP contribution in [-0.2, 0) is 6.54 Å².